The average Bonchev–Trinajstić information content (AvgIpc) is 3.15. The van der Waals surface area contributed by atoms with Crippen molar-refractivity contribution < 1.29 is 38.2 Å². The molecule has 0 N–H and O–H groups in total. The Balaban J connectivity index is 4.32. The number of quaternary nitrogens is 1. The zero-order valence-corrected chi connectivity index (χ0v) is 37.1. The zero-order valence-electron chi connectivity index (χ0n) is 37.1. The van der Waals surface area contributed by atoms with E-state index in [0.29, 0.717) is 12.8 Å². The largest absolute Gasteiger partial charge is 0.544 e. The number of likely N-dealkylation sites (N-methyl/N-ethyl adjacent to an activating group) is 1. The van der Waals surface area contributed by atoms with Gasteiger partial charge in [0.05, 0.1) is 40.3 Å². The number of aliphatic carboxylic acids is 1. The number of carboxylic acid groups (broad SMARTS) is 1. The number of esters is 2. The number of allylic oxidation sites excluding steroid dienone is 6. The van der Waals surface area contributed by atoms with Crippen LogP contribution in [0.1, 0.15) is 200 Å². The fourth-order valence-electron chi connectivity index (χ4n) is 6.64. The van der Waals surface area contributed by atoms with E-state index in [0.717, 1.165) is 51.4 Å². The molecule has 0 aliphatic carbocycles. The lowest BCUT2D eigenvalue weighted by Crippen LogP contribution is -2.55. The predicted molar refractivity (Wildman–Crippen MR) is 231 cm³/mol. The Hall–Kier alpha value is -2.45. The van der Waals surface area contributed by atoms with Crippen LogP contribution in [0.3, 0.4) is 0 Å². The Kier molecular flexibility index (Phi) is 37.7. The maximum Gasteiger partial charge on any atom is 0.306 e. The van der Waals surface area contributed by atoms with E-state index in [4.69, 9.17) is 14.2 Å². The van der Waals surface area contributed by atoms with Crippen molar-refractivity contribution in [1.29, 1.82) is 0 Å². The van der Waals surface area contributed by atoms with E-state index in [1.54, 1.807) is 21.1 Å². The van der Waals surface area contributed by atoms with Crippen LogP contribution in [0.15, 0.2) is 36.5 Å². The standard InChI is InChI=1S/C48H87NO7/c1-6-8-10-12-14-16-18-20-21-22-23-24-25-27-29-31-33-35-37-39-47(51)56-44(42-54-41-40-45(48(52)53)49(3,4)5)43-55-46(50)38-36-34-32-30-28-26-19-17-15-13-11-9-7-2/h14,16,18,20,26,28,44-45H,6-13,15,17,19,21-25,27,29-43H2,1-5H3/b16-14+,20-18+,28-26+. The van der Waals surface area contributed by atoms with Crippen LogP contribution in [0.2, 0.25) is 0 Å². The summed E-state index contributed by atoms with van der Waals surface area (Å²) in [5.74, 6) is -1.76. The Bertz CT molecular complexity index is 1020. The highest BCUT2D eigenvalue weighted by Crippen LogP contribution is 2.14. The molecule has 2 atom stereocenters. The molecule has 0 heterocycles. The molecule has 2 unspecified atom stereocenters. The molecule has 0 bridgehead atoms. The predicted octanol–water partition coefficient (Wildman–Crippen LogP) is 11.3. The Labute approximate surface area is 344 Å². The summed E-state index contributed by atoms with van der Waals surface area (Å²) < 4.78 is 17.2. The van der Waals surface area contributed by atoms with Gasteiger partial charge in [0.15, 0.2) is 6.10 Å². The van der Waals surface area contributed by atoms with Crippen molar-refractivity contribution in [2.75, 3.05) is 41.0 Å². The van der Waals surface area contributed by atoms with Gasteiger partial charge in [0.2, 0.25) is 0 Å². The van der Waals surface area contributed by atoms with Crippen LogP contribution in [0.4, 0.5) is 0 Å². The minimum Gasteiger partial charge on any atom is -0.544 e. The third-order valence-corrected chi connectivity index (χ3v) is 10.3. The topological polar surface area (TPSA) is 102 Å². The number of ether oxygens (including phenoxy) is 3. The van der Waals surface area contributed by atoms with Gasteiger partial charge in [-0.1, -0.05) is 153 Å². The maximum atomic E-state index is 12.7. The number of rotatable bonds is 41. The van der Waals surface area contributed by atoms with Crippen molar-refractivity contribution in [2.45, 2.75) is 212 Å². The van der Waals surface area contributed by atoms with Crippen LogP contribution in [0.5, 0.6) is 0 Å². The third-order valence-electron chi connectivity index (χ3n) is 10.3. The summed E-state index contributed by atoms with van der Waals surface area (Å²) in [6, 6.07) is -0.727. The van der Waals surface area contributed by atoms with E-state index in [-0.39, 0.29) is 42.7 Å². The molecule has 8 nitrogen and oxygen atoms in total. The average molecular weight is 790 g/mol. The van der Waals surface area contributed by atoms with Gasteiger partial charge in [0.25, 0.3) is 0 Å². The molecule has 0 spiro atoms. The molecular formula is C48H87NO7. The number of hydrogen-bond donors (Lipinski definition) is 0. The van der Waals surface area contributed by atoms with Crippen molar-refractivity contribution in [2.24, 2.45) is 0 Å². The van der Waals surface area contributed by atoms with E-state index < -0.39 is 18.1 Å². The van der Waals surface area contributed by atoms with Crippen LogP contribution in [-0.2, 0) is 28.6 Å². The first-order valence-electron chi connectivity index (χ1n) is 23.0. The molecule has 0 saturated carbocycles. The highest BCUT2D eigenvalue weighted by molar-refractivity contribution is 5.70. The summed E-state index contributed by atoms with van der Waals surface area (Å²) in [7, 11) is 5.40. The molecule has 0 fully saturated rings. The van der Waals surface area contributed by atoms with Crippen molar-refractivity contribution >= 4 is 17.9 Å². The van der Waals surface area contributed by atoms with Gasteiger partial charge in [-0.2, -0.15) is 0 Å². The second kappa shape index (κ2) is 39.4. The number of carboxylic acids is 1. The summed E-state index contributed by atoms with van der Waals surface area (Å²) >= 11 is 0. The van der Waals surface area contributed by atoms with Crippen LogP contribution in [0.25, 0.3) is 0 Å². The van der Waals surface area contributed by atoms with E-state index in [9.17, 15) is 19.5 Å². The molecule has 56 heavy (non-hydrogen) atoms. The van der Waals surface area contributed by atoms with Gasteiger partial charge in [0.1, 0.15) is 12.6 Å². The zero-order chi connectivity index (χ0) is 41.4. The molecule has 0 aromatic carbocycles. The van der Waals surface area contributed by atoms with Gasteiger partial charge in [-0.3, -0.25) is 9.59 Å². The molecule has 0 aliphatic heterocycles. The molecule has 0 rings (SSSR count). The lowest BCUT2D eigenvalue weighted by molar-refractivity contribution is -0.889. The first-order valence-corrected chi connectivity index (χ1v) is 23.0. The summed E-state index contributed by atoms with van der Waals surface area (Å²) in [5, 5.41) is 11.6. The molecule has 0 saturated heterocycles. The lowest BCUT2D eigenvalue weighted by atomic mass is 10.1. The molecule has 0 aromatic heterocycles. The monoisotopic (exact) mass is 790 g/mol. The number of hydrogen-bond acceptors (Lipinski definition) is 7. The highest BCUT2D eigenvalue weighted by atomic mass is 16.6. The summed E-state index contributed by atoms with van der Waals surface area (Å²) in [5.41, 5.74) is 0. The quantitative estimate of drug-likeness (QED) is 0.0200. The fraction of sp³-hybridized carbons (Fsp3) is 0.812. The minimum atomic E-state index is -1.13. The van der Waals surface area contributed by atoms with Gasteiger partial charge in [-0.05, 0) is 64.2 Å². The number of nitrogens with zero attached hydrogens (tertiary/aromatic N) is 1. The Morgan fingerprint density at radius 2 is 0.946 bits per heavy atom. The van der Waals surface area contributed by atoms with E-state index >= 15 is 0 Å². The Morgan fingerprint density at radius 1 is 0.536 bits per heavy atom. The number of unbranched alkanes of at least 4 members (excludes halogenated alkanes) is 22. The number of carbonyl (C=O) groups excluding carboxylic acids is 3. The van der Waals surface area contributed by atoms with E-state index in [1.807, 2.05) is 0 Å². The van der Waals surface area contributed by atoms with Crippen molar-refractivity contribution in [3.63, 3.8) is 0 Å². The van der Waals surface area contributed by atoms with Crippen LogP contribution < -0.4 is 5.11 Å². The van der Waals surface area contributed by atoms with Gasteiger partial charge >= 0.3 is 11.9 Å². The van der Waals surface area contributed by atoms with Crippen LogP contribution >= 0.6 is 0 Å². The summed E-state index contributed by atoms with van der Waals surface area (Å²) in [6.45, 7) is 4.61. The van der Waals surface area contributed by atoms with Crippen molar-refractivity contribution in [3.05, 3.63) is 36.5 Å². The molecule has 0 amide bonds. The van der Waals surface area contributed by atoms with E-state index in [1.165, 1.54) is 116 Å². The lowest BCUT2D eigenvalue weighted by Gasteiger charge is -2.34. The maximum absolute atomic E-state index is 12.7. The van der Waals surface area contributed by atoms with Crippen LogP contribution in [-0.4, -0.2) is 75.5 Å². The SMILES string of the molecule is CCCCC/C=C/C=C/CCCCCCCCCCCCC(=O)OC(COCCC(C(=O)[O-])[N+](C)(C)C)COC(=O)CCCCC/C=C/CCCCCCCC. The molecule has 8 heteroatoms. The second-order valence-corrected chi connectivity index (χ2v) is 16.7. The number of carbonyl (C=O) groups is 3. The first-order chi connectivity index (χ1) is 27.1. The normalized spacial score (nSPS) is 13.2. The van der Waals surface area contributed by atoms with Crippen LogP contribution in [0, 0.1) is 0 Å². The van der Waals surface area contributed by atoms with Crippen molar-refractivity contribution in [3.8, 4) is 0 Å². The van der Waals surface area contributed by atoms with Gasteiger partial charge in [-0.25, -0.2) is 0 Å². The molecule has 0 radical (unpaired) electrons. The fourth-order valence-corrected chi connectivity index (χ4v) is 6.64. The molecule has 0 aromatic rings. The van der Waals surface area contributed by atoms with Gasteiger partial charge in [0, 0.05) is 19.3 Å². The van der Waals surface area contributed by atoms with Crippen molar-refractivity contribution in [1.82, 2.24) is 0 Å². The molecular weight excluding hydrogens is 703 g/mol. The first kappa shape index (κ1) is 53.6. The Morgan fingerprint density at radius 3 is 1.45 bits per heavy atom. The minimum absolute atomic E-state index is 0.0360. The smallest absolute Gasteiger partial charge is 0.306 e. The highest BCUT2D eigenvalue weighted by Gasteiger charge is 2.25. The summed E-state index contributed by atoms with van der Waals surface area (Å²) in [6.07, 6.45) is 44.5. The second-order valence-electron chi connectivity index (χ2n) is 16.7. The molecule has 0 aliphatic rings. The molecule has 326 valence electrons. The third kappa shape index (κ3) is 37.1. The summed E-state index contributed by atoms with van der Waals surface area (Å²) in [4.78, 5) is 36.9. The van der Waals surface area contributed by atoms with E-state index in [2.05, 4.69) is 50.3 Å². The van der Waals surface area contributed by atoms with Gasteiger partial charge in [-0.15, -0.1) is 0 Å². The van der Waals surface area contributed by atoms with Gasteiger partial charge < -0.3 is 28.6 Å².